The number of para-hydroxylation sites is 1. The molecule has 0 bridgehead atoms. The predicted molar refractivity (Wildman–Crippen MR) is 87.7 cm³/mol. The lowest BCUT2D eigenvalue weighted by Crippen LogP contribution is -2.30. The zero-order valence-electron chi connectivity index (χ0n) is 12.9. The highest BCUT2D eigenvalue weighted by Gasteiger charge is 2.17. The van der Waals surface area contributed by atoms with Crippen molar-refractivity contribution in [2.75, 3.05) is 11.3 Å². The number of anilines is 1. The van der Waals surface area contributed by atoms with Crippen molar-refractivity contribution in [2.24, 2.45) is 0 Å². The molecule has 2 aromatic carbocycles. The molecule has 0 saturated heterocycles. The van der Waals surface area contributed by atoms with Crippen molar-refractivity contribution in [1.29, 1.82) is 0 Å². The van der Waals surface area contributed by atoms with Crippen LogP contribution in [0.5, 0.6) is 0 Å². The molecule has 1 unspecified atom stereocenters. The summed E-state index contributed by atoms with van der Waals surface area (Å²) in [5.74, 6) is -1.11. The van der Waals surface area contributed by atoms with E-state index in [1.54, 1.807) is 0 Å². The van der Waals surface area contributed by atoms with Crippen LogP contribution in [0.3, 0.4) is 0 Å². The van der Waals surface area contributed by atoms with Crippen LogP contribution < -0.4 is 10.0 Å². The number of rotatable bonds is 6. The SMILES string of the molecule is CC(O)CNC(=O)c1ccc(S(=O)(=O)Nc2ccccc2F)cc1. The van der Waals surface area contributed by atoms with E-state index in [9.17, 15) is 17.6 Å². The van der Waals surface area contributed by atoms with Crippen LogP contribution in [-0.4, -0.2) is 32.1 Å². The van der Waals surface area contributed by atoms with Crippen LogP contribution in [0.2, 0.25) is 0 Å². The van der Waals surface area contributed by atoms with Crippen molar-refractivity contribution in [3.8, 4) is 0 Å². The molecule has 0 aliphatic carbocycles. The van der Waals surface area contributed by atoms with Gasteiger partial charge in [-0.1, -0.05) is 12.1 Å². The third kappa shape index (κ3) is 4.53. The Morgan fingerprint density at radius 3 is 2.38 bits per heavy atom. The number of benzene rings is 2. The van der Waals surface area contributed by atoms with E-state index in [2.05, 4.69) is 10.0 Å². The molecule has 1 amide bonds. The Bertz CT molecular complexity index is 820. The monoisotopic (exact) mass is 352 g/mol. The Balaban J connectivity index is 2.14. The van der Waals surface area contributed by atoms with Gasteiger partial charge in [0, 0.05) is 12.1 Å². The average Bonchev–Trinajstić information content (AvgIpc) is 2.54. The van der Waals surface area contributed by atoms with Crippen molar-refractivity contribution in [2.45, 2.75) is 17.9 Å². The van der Waals surface area contributed by atoms with E-state index in [1.165, 1.54) is 49.4 Å². The molecule has 0 saturated carbocycles. The smallest absolute Gasteiger partial charge is 0.261 e. The first kappa shape index (κ1) is 17.9. The number of aliphatic hydroxyl groups is 1. The molecular formula is C16H17FN2O4S. The minimum absolute atomic E-state index is 0.0910. The zero-order chi connectivity index (χ0) is 17.7. The van der Waals surface area contributed by atoms with Gasteiger partial charge in [0.2, 0.25) is 0 Å². The normalized spacial score (nSPS) is 12.5. The predicted octanol–water partition coefficient (Wildman–Crippen LogP) is 1.74. The highest BCUT2D eigenvalue weighted by Crippen LogP contribution is 2.19. The van der Waals surface area contributed by atoms with Gasteiger partial charge in [-0.2, -0.15) is 0 Å². The van der Waals surface area contributed by atoms with Crippen molar-refractivity contribution in [1.82, 2.24) is 5.32 Å². The van der Waals surface area contributed by atoms with Gasteiger partial charge in [0.25, 0.3) is 15.9 Å². The summed E-state index contributed by atoms with van der Waals surface area (Å²) in [4.78, 5) is 11.7. The fraction of sp³-hybridized carbons (Fsp3) is 0.188. The molecule has 2 aromatic rings. The Labute approximate surface area is 139 Å². The fourth-order valence-corrected chi connectivity index (χ4v) is 2.94. The number of carbonyl (C=O) groups excluding carboxylic acids is 1. The number of nitrogens with one attached hydrogen (secondary N) is 2. The maximum Gasteiger partial charge on any atom is 0.261 e. The standard InChI is InChI=1S/C16H17FN2O4S/c1-11(20)10-18-16(21)12-6-8-13(9-7-12)24(22,23)19-15-5-3-2-4-14(15)17/h2-9,11,19-20H,10H2,1H3,(H,18,21). The average molecular weight is 352 g/mol. The van der Waals surface area contributed by atoms with Crippen molar-refractivity contribution < 1.29 is 22.7 Å². The quantitative estimate of drug-likeness (QED) is 0.738. The highest BCUT2D eigenvalue weighted by atomic mass is 32.2. The summed E-state index contributed by atoms with van der Waals surface area (Å²) < 4.78 is 40.2. The molecule has 0 aliphatic heterocycles. The molecule has 0 aromatic heterocycles. The first-order valence-corrected chi connectivity index (χ1v) is 8.61. The van der Waals surface area contributed by atoms with E-state index in [0.717, 1.165) is 6.07 Å². The van der Waals surface area contributed by atoms with Gasteiger partial charge in [0.05, 0.1) is 16.7 Å². The minimum Gasteiger partial charge on any atom is -0.392 e. The van der Waals surface area contributed by atoms with Crippen LogP contribution in [0.1, 0.15) is 17.3 Å². The molecule has 6 nitrogen and oxygen atoms in total. The molecular weight excluding hydrogens is 335 g/mol. The van der Waals surface area contributed by atoms with Crippen molar-refractivity contribution in [3.05, 3.63) is 59.9 Å². The van der Waals surface area contributed by atoms with E-state index in [4.69, 9.17) is 5.11 Å². The highest BCUT2D eigenvalue weighted by molar-refractivity contribution is 7.92. The lowest BCUT2D eigenvalue weighted by molar-refractivity contribution is 0.0924. The number of amides is 1. The molecule has 3 N–H and O–H groups in total. The lowest BCUT2D eigenvalue weighted by atomic mass is 10.2. The molecule has 0 radical (unpaired) electrons. The second-order valence-corrected chi connectivity index (χ2v) is 6.85. The van der Waals surface area contributed by atoms with Crippen LogP contribution in [0.4, 0.5) is 10.1 Å². The fourth-order valence-electron chi connectivity index (χ4n) is 1.88. The maximum absolute atomic E-state index is 13.6. The van der Waals surface area contributed by atoms with Gasteiger partial charge < -0.3 is 10.4 Å². The Hall–Kier alpha value is -2.45. The molecule has 24 heavy (non-hydrogen) atoms. The Morgan fingerprint density at radius 1 is 1.17 bits per heavy atom. The largest absolute Gasteiger partial charge is 0.392 e. The third-order valence-corrected chi connectivity index (χ3v) is 4.48. The van der Waals surface area contributed by atoms with Crippen LogP contribution >= 0.6 is 0 Å². The first-order valence-electron chi connectivity index (χ1n) is 7.13. The summed E-state index contributed by atoms with van der Waals surface area (Å²) in [6, 6.07) is 10.6. The first-order chi connectivity index (χ1) is 11.3. The third-order valence-electron chi connectivity index (χ3n) is 3.10. The van der Waals surface area contributed by atoms with Crippen LogP contribution in [-0.2, 0) is 10.0 Å². The van der Waals surface area contributed by atoms with Crippen molar-refractivity contribution in [3.63, 3.8) is 0 Å². The number of hydrogen-bond donors (Lipinski definition) is 3. The summed E-state index contributed by atoms with van der Waals surface area (Å²) in [5, 5.41) is 11.6. The van der Waals surface area contributed by atoms with Crippen LogP contribution in [0.15, 0.2) is 53.4 Å². The Morgan fingerprint density at radius 2 is 1.79 bits per heavy atom. The Kier molecular flexibility index (Phi) is 5.53. The summed E-state index contributed by atoms with van der Waals surface area (Å²) in [6.45, 7) is 1.62. The molecule has 0 heterocycles. The number of hydrogen-bond acceptors (Lipinski definition) is 4. The lowest BCUT2D eigenvalue weighted by Gasteiger charge is -2.10. The van der Waals surface area contributed by atoms with Gasteiger partial charge in [-0.05, 0) is 43.3 Å². The molecule has 0 aliphatic rings. The molecule has 1 atom stereocenters. The van der Waals surface area contributed by atoms with E-state index in [-0.39, 0.29) is 22.7 Å². The summed E-state index contributed by atoms with van der Waals surface area (Å²) >= 11 is 0. The number of aliphatic hydroxyl groups excluding tert-OH is 1. The van der Waals surface area contributed by atoms with Crippen molar-refractivity contribution >= 4 is 21.6 Å². The van der Waals surface area contributed by atoms with Gasteiger partial charge in [-0.25, -0.2) is 12.8 Å². The number of halogens is 1. The second-order valence-electron chi connectivity index (χ2n) is 5.17. The van der Waals surface area contributed by atoms with E-state index in [0.29, 0.717) is 0 Å². The van der Waals surface area contributed by atoms with Gasteiger partial charge in [-0.3, -0.25) is 9.52 Å². The van der Waals surface area contributed by atoms with Gasteiger partial charge >= 0.3 is 0 Å². The van der Waals surface area contributed by atoms with Crippen LogP contribution in [0, 0.1) is 5.82 Å². The second kappa shape index (κ2) is 7.41. The molecule has 0 spiro atoms. The maximum atomic E-state index is 13.6. The number of sulfonamides is 1. The minimum atomic E-state index is -3.97. The molecule has 8 heteroatoms. The van der Waals surface area contributed by atoms with Gasteiger partial charge in [0.1, 0.15) is 5.82 Å². The van der Waals surface area contributed by atoms with Gasteiger partial charge in [-0.15, -0.1) is 0 Å². The topological polar surface area (TPSA) is 95.5 Å². The van der Waals surface area contributed by atoms with E-state index < -0.39 is 27.9 Å². The summed E-state index contributed by atoms with van der Waals surface area (Å²) in [6.07, 6.45) is -0.682. The van der Waals surface area contributed by atoms with E-state index >= 15 is 0 Å². The zero-order valence-corrected chi connectivity index (χ0v) is 13.7. The molecule has 2 rings (SSSR count). The number of carbonyl (C=O) groups is 1. The summed E-state index contributed by atoms with van der Waals surface area (Å²) in [7, 11) is -3.97. The summed E-state index contributed by atoms with van der Waals surface area (Å²) in [5.41, 5.74) is 0.0942. The molecule has 0 fully saturated rings. The van der Waals surface area contributed by atoms with Gasteiger partial charge in [0.15, 0.2) is 0 Å². The molecule has 128 valence electrons. The van der Waals surface area contributed by atoms with Crippen LogP contribution in [0.25, 0.3) is 0 Å². The van der Waals surface area contributed by atoms with E-state index in [1.807, 2.05) is 0 Å².